The summed E-state index contributed by atoms with van der Waals surface area (Å²) in [5.74, 6) is -0.452. The van der Waals surface area contributed by atoms with E-state index in [1.807, 2.05) is 6.07 Å². The predicted octanol–water partition coefficient (Wildman–Crippen LogP) is 3.17. The maximum Gasteiger partial charge on any atom is 0.269 e. The Morgan fingerprint density at radius 3 is 2.10 bits per heavy atom. The summed E-state index contributed by atoms with van der Waals surface area (Å²) in [7, 11) is 0. The second kappa shape index (κ2) is 8.30. The maximum atomic E-state index is 13.7. The number of hydrogen-bond donors (Lipinski definition) is 1. The van der Waals surface area contributed by atoms with Crippen LogP contribution in [0.25, 0.3) is 0 Å². The second-order valence-electron chi connectivity index (χ2n) is 6.95. The van der Waals surface area contributed by atoms with Crippen molar-refractivity contribution in [2.75, 3.05) is 0 Å². The van der Waals surface area contributed by atoms with Crippen LogP contribution in [0.4, 0.5) is 4.39 Å². The molecule has 1 unspecified atom stereocenters. The lowest BCUT2D eigenvalue weighted by Crippen LogP contribution is -2.43. The molecule has 7 heteroatoms. The van der Waals surface area contributed by atoms with Gasteiger partial charge in [0.1, 0.15) is 23.1 Å². The Hall–Kier alpha value is -4.15. The van der Waals surface area contributed by atoms with Gasteiger partial charge in [-0.05, 0) is 42.0 Å². The average molecular weight is 412 g/mol. The molecule has 0 aliphatic heterocycles. The third kappa shape index (κ3) is 3.61. The standard InChI is InChI=1S/C24H17FN4O2/c25-21-9-7-17(8-10-21)22(29-13-3-4-18(14-26)23(29)30)24(31,19-5-1-11-27-15-19)20-6-2-12-28-16-20/h1-13,15-16,22,31H. The highest BCUT2D eigenvalue weighted by Crippen LogP contribution is 2.42. The van der Waals surface area contributed by atoms with Gasteiger partial charge in [-0.25, -0.2) is 4.39 Å². The Bertz CT molecular complexity index is 1240. The Kier molecular flexibility index (Phi) is 5.39. The van der Waals surface area contributed by atoms with Gasteiger partial charge in [0.2, 0.25) is 0 Å². The Labute approximate surface area is 177 Å². The van der Waals surface area contributed by atoms with Gasteiger partial charge in [0.25, 0.3) is 5.56 Å². The van der Waals surface area contributed by atoms with Gasteiger partial charge in [-0.15, -0.1) is 0 Å². The zero-order valence-corrected chi connectivity index (χ0v) is 16.3. The monoisotopic (exact) mass is 412 g/mol. The average Bonchev–Trinajstić information content (AvgIpc) is 2.82. The number of benzene rings is 1. The van der Waals surface area contributed by atoms with Crippen LogP contribution in [0.1, 0.15) is 28.3 Å². The molecule has 0 amide bonds. The molecule has 1 N–H and O–H groups in total. The van der Waals surface area contributed by atoms with Gasteiger partial charge in [0.15, 0.2) is 0 Å². The molecule has 0 spiro atoms. The molecule has 0 radical (unpaired) electrons. The molecule has 0 fully saturated rings. The minimum atomic E-state index is -1.81. The van der Waals surface area contributed by atoms with Crippen LogP contribution in [0.3, 0.4) is 0 Å². The topological polar surface area (TPSA) is 91.8 Å². The van der Waals surface area contributed by atoms with Crippen molar-refractivity contribution < 1.29 is 9.50 Å². The Morgan fingerprint density at radius 1 is 0.968 bits per heavy atom. The number of nitrogens with zero attached hydrogens (tertiary/aromatic N) is 4. The summed E-state index contributed by atoms with van der Waals surface area (Å²) in [6.07, 6.45) is 7.64. The first-order valence-electron chi connectivity index (χ1n) is 9.46. The van der Waals surface area contributed by atoms with Crippen molar-refractivity contribution in [3.63, 3.8) is 0 Å². The van der Waals surface area contributed by atoms with E-state index in [9.17, 15) is 19.6 Å². The van der Waals surface area contributed by atoms with Crippen molar-refractivity contribution in [3.8, 4) is 6.07 Å². The van der Waals surface area contributed by atoms with Crippen molar-refractivity contribution >= 4 is 0 Å². The number of hydrogen-bond acceptors (Lipinski definition) is 5. The van der Waals surface area contributed by atoms with Gasteiger partial charge in [0.05, 0.1) is 6.04 Å². The van der Waals surface area contributed by atoms with Gasteiger partial charge in [0, 0.05) is 42.1 Å². The molecule has 6 nitrogen and oxygen atoms in total. The van der Waals surface area contributed by atoms with Gasteiger partial charge in [-0.1, -0.05) is 24.3 Å². The summed E-state index contributed by atoms with van der Waals surface area (Å²) in [5, 5.41) is 21.6. The quantitative estimate of drug-likeness (QED) is 0.544. The van der Waals surface area contributed by atoms with E-state index in [4.69, 9.17) is 0 Å². The lowest BCUT2D eigenvalue weighted by molar-refractivity contribution is 0.0362. The van der Waals surface area contributed by atoms with Crippen LogP contribution in [0.5, 0.6) is 0 Å². The van der Waals surface area contributed by atoms with Crippen molar-refractivity contribution in [3.05, 3.63) is 130 Å². The Morgan fingerprint density at radius 2 is 1.58 bits per heavy atom. The summed E-state index contributed by atoms with van der Waals surface area (Å²) in [5.41, 5.74) is -1.18. The smallest absolute Gasteiger partial charge is 0.269 e. The normalized spacial score (nSPS) is 12.2. The molecule has 3 heterocycles. The van der Waals surface area contributed by atoms with Crippen LogP contribution in [0.15, 0.2) is 96.4 Å². The predicted molar refractivity (Wildman–Crippen MR) is 111 cm³/mol. The number of aromatic nitrogens is 3. The van der Waals surface area contributed by atoms with Gasteiger partial charge < -0.3 is 9.67 Å². The van der Waals surface area contributed by atoms with Crippen molar-refractivity contribution in [2.24, 2.45) is 0 Å². The first-order valence-corrected chi connectivity index (χ1v) is 9.46. The van der Waals surface area contributed by atoms with Gasteiger partial charge in [-0.3, -0.25) is 14.8 Å². The van der Waals surface area contributed by atoms with Gasteiger partial charge >= 0.3 is 0 Å². The van der Waals surface area contributed by atoms with E-state index in [-0.39, 0.29) is 5.56 Å². The number of halogens is 1. The fourth-order valence-corrected chi connectivity index (χ4v) is 3.71. The molecule has 152 valence electrons. The van der Waals surface area contributed by atoms with Crippen molar-refractivity contribution in [1.82, 2.24) is 14.5 Å². The SMILES string of the molecule is N#Cc1cccn(C(c2ccc(F)cc2)C(O)(c2cccnc2)c2cccnc2)c1=O. The van der Waals surface area contributed by atoms with E-state index in [2.05, 4.69) is 9.97 Å². The third-order valence-corrected chi connectivity index (χ3v) is 5.16. The molecule has 4 rings (SSSR count). The largest absolute Gasteiger partial charge is 0.378 e. The van der Waals surface area contributed by atoms with Crippen molar-refractivity contribution in [2.45, 2.75) is 11.6 Å². The van der Waals surface area contributed by atoms with Crippen LogP contribution >= 0.6 is 0 Å². The van der Waals surface area contributed by atoms with Crippen LogP contribution in [0.2, 0.25) is 0 Å². The van der Waals surface area contributed by atoms with Crippen LogP contribution < -0.4 is 5.56 Å². The summed E-state index contributed by atoms with van der Waals surface area (Å²) in [4.78, 5) is 21.4. The zero-order chi connectivity index (χ0) is 21.8. The first kappa shape index (κ1) is 20.1. The van der Waals surface area contributed by atoms with E-state index in [1.54, 1.807) is 42.7 Å². The van der Waals surface area contributed by atoms with E-state index in [0.29, 0.717) is 16.7 Å². The first-order chi connectivity index (χ1) is 15.1. The molecular weight excluding hydrogens is 395 g/mol. The highest BCUT2D eigenvalue weighted by molar-refractivity contribution is 5.41. The lowest BCUT2D eigenvalue weighted by Gasteiger charge is -2.38. The summed E-state index contributed by atoms with van der Waals surface area (Å²) < 4.78 is 15.0. The van der Waals surface area contributed by atoms with Gasteiger partial charge in [-0.2, -0.15) is 5.26 Å². The van der Waals surface area contributed by atoms with E-state index >= 15 is 0 Å². The minimum Gasteiger partial charge on any atom is -0.378 e. The molecule has 0 aliphatic carbocycles. The number of rotatable bonds is 5. The Balaban J connectivity index is 2.09. The fourth-order valence-electron chi connectivity index (χ4n) is 3.71. The summed E-state index contributed by atoms with van der Waals surface area (Å²) >= 11 is 0. The molecule has 1 atom stereocenters. The molecule has 0 bridgehead atoms. The molecule has 4 aromatic rings. The number of nitriles is 1. The molecule has 31 heavy (non-hydrogen) atoms. The second-order valence-corrected chi connectivity index (χ2v) is 6.95. The molecule has 0 saturated heterocycles. The molecule has 1 aromatic carbocycles. The summed E-state index contributed by atoms with van der Waals surface area (Å²) in [6.45, 7) is 0. The lowest BCUT2D eigenvalue weighted by atomic mass is 9.78. The van der Waals surface area contributed by atoms with E-state index in [0.717, 1.165) is 0 Å². The highest BCUT2D eigenvalue weighted by Gasteiger charge is 2.43. The molecule has 0 saturated carbocycles. The molecule has 3 aromatic heterocycles. The third-order valence-electron chi connectivity index (χ3n) is 5.16. The van der Waals surface area contributed by atoms with Crippen molar-refractivity contribution in [1.29, 1.82) is 5.26 Å². The summed E-state index contributed by atoms with van der Waals surface area (Å²) in [6, 6.07) is 16.1. The number of aliphatic hydroxyl groups is 1. The fraction of sp³-hybridized carbons (Fsp3) is 0.0833. The number of pyridine rings is 3. The highest BCUT2D eigenvalue weighted by atomic mass is 19.1. The maximum absolute atomic E-state index is 13.7. The minimum absolute atomic E-state index is 0.0747. The van der Waals surface area contributed by atoms with Crippen LogP contribution in [-0.4, -0.2) is 19.6 Å². The molecular formula is C24H17FN4O2. The molecule has 0 aliphatic rings. The zero-order valence-electron chi connectivity index (χ0n) is 16.3. The van der Waals surface area contributed by atoms with Crippen LogP contribution in [0, 0.1) is 17.1 Å². The van der Waals surface area contributed by atoms with E-state index in [1.165, 1.54) is 53.5 Å². The van der Waals surface area contributed by atoms with E-state index < -0.39 is 23.0 Å². The van der Waals surface area contributed by atoms with Crippen LogP contribution in [-0.2, 0) is 5.60 Å².